The number of carbonyl (C=O) groups excluding carboxylic acids is 2. The summed E-state index contributed by atoms with van der Waals surface area (Å²) in [6, 6.07) is 0.725. The molecule has 7 heteroatoms. The van der Waals surface area contributed by atoms with E-state index in [9.17, 15) is 9.59 Å². The molecule has 0 rings (SSSR count). The van der Waals surface area contributed by atoms with Crippen LogP contribution in [-0.2, 0) is 0 Å². The first-order chi connectivity index (χ1) is 7.08. The van der Waals surface area contributed by atoms with Crippen LogP contribution in [0.4, 0.5) is 9.59 Å². The van der Waals surface area contributed by atoms with E-state index in [1.54, 1.807) is 14.1 Å². The van der Waals surface area contributed by atoms with Gasteiger partial charge in [-0.15, -0.1) is 0 Å². The van der Waals surface area contributed by atoms with Gasteiger partial charge in [0.2, 0.25) is 0 Å². The predicted molar refractivity (Wildman–Crippen MR) is 64.9 cm³/mol. The van der Waals surface area contributed by atoms with Gasteiger partial charge in [-0.2, -0.15) is 0 Å². The molecular formula is C8H22N4O2Si. The zero-order chi connectivity index (χ0) is 12.1. The number of nitrogens with two attached hydrogens (primary N) is 1. The number of carbonyl (C=O) groups is 2. The lowest BCUT2D eigenvalue weighted by Gasteiger charge is -1.97. The maximum absolute atomic E-state index is 10.1. The van der Waals surface area contributed by atoms with Crippen molar-refractivity contribution in [1.82, 2.24) is 16.0 Å². The van der Waals surface area contributed by atoms with Crippen LogP contribution in [0.25, 0.3) is 0 Å². The zero-order valence-electron chi connectivity index (χ0n) is 9.72. The molecule has 0 atom stereocenters. The molecule has 0 spiro atoms. The first-order valence-electron chi connectivity index (χ1n) is 5.01. The van der Waals surface area contributed by atoms with E-state index in [4.69, 9.17) is 5.73 Å². The van der Waals surface area contributed by atoms with E-state index < -0.39 is 6.03 Å². The van der Waals surface area contributed by atoms with Crippen LogP contribution in [0.15, 0.2) is 0 Å². The fraction of sp³-hybridized carbons (Fsp3) is 0.750. The third-order valence-corrected chi connectivity index (χ3v) is 2.74. The number of nitrogens with one attached hydrogen (secondary N) is 3. The highest BCUT2D eigenvalue weighted by molar-refractivity contribution is 6.33. The lowest BCUT2D eigenvalue weighted by Crippen LogP contribution is -2.30. The minimum Gasteiger partial charge on any atom is -0.352 e. The normalized spacial score (nSPS) is 9.00. The Kier molecular flexibility index (Phi) is 13.8. The molecule has 0 saturated carbocycles. The van der Waals surface area contributed by atoms with Gasteiger partial charge in [0, 0.05) is 30.2 Å². The maximum Gasteiger partial charge on any atom is 0.314 e. The van der Waals surface area contributed by atoms with Gasteiger partial charge in [0.1, 0.15) is 0 Å². The first kappa shape index (κ1) is 16.2. The standard InChI is InChI=1S/C5H14N2OSi.C3H8N2O/c1-9-4-2-3-7-5(6)8;1-4-3(6)5-2/h2-4,9H2,1H3,(H3,6,7,8);1-2H3,(H2,4,5,6). The summed E-state index contributed by atoms with van der Waals surface area (Å²) in [7, 11) is 3.31. The molecule has 6 nitrogen and oxygen atoms in total. The molecule has 0 radical (unpaired) electrons. The Bertz CT molecular complexity index is 172. The molecule has 0 heterocycles. The number of hydrogen-bond donors (Lipinski definition) is 4. The van der Waals surface area contributed by atoms with Gasteiger partial charge in [-0.05, 0) is 6.42 Å². The van der Waals surface area contributed by atoms with Gasteiger partial charge >= 0.3 is 12.1 Å². The number of urea groups is 2. The minimum atomic E-state index is -0.409. The average Bonchev–Trinajstić information content (AvgIpc) is 2.24. The number of hydrogen-bond acceptors (Lipinski definition) is 2. The van der Waals surface area contributed by atoms with Gasteiger partial charge in [-0.25, -0.2) is 9.59 Å². The average molecular weight is 234 g/mol. The maximum atomic E-state index is 10.1. The van der Waals surface area contributed by atoms with Gasteiger partial charge in [0.25, 0.3) is 0 Å². The fourth-order valence-corrected chi connectivity index (χ4v) is 1.46. The summed E-state index contributed by atoms with van der Waals surface area (Å²) in [4.78, 5) is 20.0. The van der Waals surface area contributed by atoms with Crippen LogP contribution in [0, 0.1) is 0 Å². The van der Waals surface area contributed by atoms with Crippen molar-refractivity contribution in [3.63, 3.8) is 0 Å². The molecule has 0 unspecified atom stereocenters. The Labute approximate surface area is 93.2 Å². The van der Waals surface area contributed by atoms with E-state index >= 15 is 0 Å². The van der Waals surface area contributed by atoms with E-state index in [2.05, 4.69) is 22.5 Å². The highest BCUT2D eigenvalue weighted by Gasteiger charge is 1.88. The third-order valence-electron chi connectivity index (χ3n) is 1.53. The van der Waals surface area contributed by atoms with E-state index in [0.717, 1.165) is 13.0 Å². The molecule has 0 aliphatic heterocycles. The number of amides is 4. The molecule has 0 aliphatic carbocycles. The second-order valence-electron chi connectivity index (χ2n) is 2.83. The van der Waals surface area contributed by atoms with Gasteiger partial charge < -0.3 is 21.7 Å². The molecule has 0 saturated heterocycles. The monoisotopic (exact) mass is 234 g/mol. The van der Waals surface area contributed by atoms with Crippen LogP contribution in [-0.4, -0.2) is 42.2 Å². The Morgan fingerprint density at radius 2 is 1.80 bits per heavy atom. The van der Waals surface area contributed by atoms with Crippen LogP contribution >= 0.6 is 0 Å². The molecule has 4 amide bonds. The molecule has 0 aliphatic rings. The Hall–Kier alpha value is -1.24. The molecule has 0 aromatic carbocycles. The second kappa shape index (κ2) is 12.8. The van der Waals surface area contributed by atoms with Crippen LogP contribution in [0.2, 0.25) is 12.6 Å². The van der Waals surface area contributed by atoms with Gasteiger partial charge in [0.15, 0.2) is 0 Å². The summed E-state index contributed by atoms with van der Waals surface area (Å²) in [5.74, 6) is 0. The fourth-order valence-electron chi connectivity index (χ4n) is 0.712. The van der Waals surface area contributed by atoms with Crippen LogP contribution in [0.1, 0.15) is 6.42 Å². The Morgan fingerprint density at radius 1 is 1.27 bits per heavy atom. The lowest BCUT2D eigenvalue weighted by molar-refractivity contribution is 0.244. The van der Waals surface area contributed by atoms with Gasteiger partial charge in [0.05, 0.1) is 0 Å². The Morgan fingerprint density at radius 3 is 2.07 bits per heavy atom. The summed E-state index contributed by atoms with van der Waals surface area (Å²) >= 11 is 0. The summed E-state index contributed by atoms with van der Waals surface area (Å²) in [6.07, 6.45) is 1.09. The molecule has 15 heavy (non-hydrogen) atoms. The number of rotatable bonds is 4. The van der Waals surface area contributed by atoms with E-state index in [1.165, 1.54) is 6.04 Å². The lowest BCUT2D eigenvalue weighted by atomic mass is 10.5. The van der Waals surface area contributed by atoms with Crippen molar-refractivity contribution < 1.29 is 9.59 Å². The highest BCUT2D eigenvalue weighted by atomic mass is 28.2. The van der Waals surface area contributed by atoms with Crippen molar-refractivity contribution in [2.75, 3.05) is 20.6 Å². The first-order valence-corrected chi connectivity index (χ1v) is 7.42. The molecule has 90 valence electrons. The molecular weight excluding hydrogens is 212 g/mol. The van der Waals surface area contributed by atoms with Crippen LogP contribution in [0.3, 0.4) is 0 Å². The minimum absolute atomic E-state index is 0.157. The quantitative estimate of drug-likeness (QED) is 0.379. The molecule has 0 fully saturated rings. The van der Waals surface area contributed by atoms with Crippen LogP contribution in [0.5, 0.6) is 0 Å². The SMILES string of the molecule is CNC(=O)NC.C[SiH2]CCCNC(N)=O. The molecule has 0 aromatic heterocycles. The van der Waals surface area contributed by atoms with Gasteiger partial charge in [-0.1, -0.05) is 12.6 Å². The predicted octanol–water partition coefficient (Wildman–Crippen LogP) is -0.775. The summed E-state index contributed by atoms with van der Waals surface area (Å²) in [6.45, 7) is 3.00. The van der Waals surface area contributed by atoms with Crippen LogP contribution < -0.4 is 21.7 Å². The number of primary amides is 1. The second-order valence-corrected chi connectivity index (χ2v) is 4.53. The largest absolute Gasteiger partial charge is 0.352 e. The summed E-state index contributed by atoms with van der Waals surface area (Å²) in [5, 5.41) is 7.27. The van der Waals surface area contributed by atoms with Crippen molar-refractivity contribution in [2.24, 2.45) is 5.73 Å². The Balaban J connectivity index is 0. The molecule has 0 aromatic rings. The highest BCUT2D eigenvalue weighted by Crippen LogP contribution is 1.83. The smallest absolute Gasteiger partial charge is 0.314 e. The topological polar surface area (TPSA) is 96.2 Å². The molecule has 5 N–H and O–H groups in total. The third kappa shape index (κ3) is 19.2. The molecule has 0 bridgehead atoms. The van der Waals surface area contributed by atoms with E-state index in [1.807, 2.05) is 0 Å². The van der Waals surface area contributed by atoms with Gasteiger partial charge in [-0.3, -0.25) is 0 Å². The van der Waals surface area contributed by atoms with Crippen molar-refractivity contribution >= 4 is 21.6 Å². The van der Waals surface area contributed by atoms with E-state index in [0.29, 0.717) is 0 Å². The van der Waals surface area contributed by atoms with Crippen molar-refractivity contribution in [1.29, 1.82) is 0 Å². The summed E-state index contributed by atoms with van der Waals surface area (Å²) in [5.41, 5.74) is 4.84. The zero-order valence-corrected chi connectivity index (χ0v) is 11.1. The summed E-state index contributed by atoms with van der Waals surface area (Å²) < 4.78 is 0. The van der Waals surface area contributed by atoms with Crippen molar-refractivity contribution in [3.8, 4) is 0 Å². The van der Waals surface area contributed by atoms with Crippen molar-refractivity contribution in [3.05, 3.63) is 0 Å². The van der Waals surface area contributed by atoms with Crippen molar-refractivity contribution in [2.45, 2.75) is 19.0 Å². The van der Waals surface area contributed by atoms with E-state index in [-0.39, 0.29) is 15.6 Å².